The Labute approximate surface area is 118 Å². The van der Waals surface area contributed by atoms with Gasteiger partial charge in [-0.2, -0.15) is 0 Å². The van der Waals surface area contributed by atoms with Gasteiger partial charge < -0.3 is 14.5 Å². The lowest BCUT2D eigenvalue weighted by Gasteiger charge is -2.18. The quantitative estimate of drug-likeness (QED) is 0.847. The van der Waals surface area contributed by atoms with E-state index in [1.807, 2.05) is 25.1 Å². The molecule has 1 heterocycles. The highest BCUT2D eigenvalue weighted by molar-refractivity contribution is 5.86. The van der Waals surface area contributed by atoms with Gasteiger partial charge in [0.05, 0.1) is 13.2 Å². The Bertz CT molecular complexity index is 562. The molecule has 106 valence electrons. The van der Waals surface area contributed by atoms with Crippen molar-refractivity contribution in [3.63, 3.8) is 0 Å². The highest BCUT2D eigenvalue weighted by atomic mass is 16.5. The number of carbonyl (C=O) groups is 1. The number of carbonyl (C=O) groups excluding carboxylic acids is 1. The van der Waals surface area contributed by atoms with Crippen molar-refractivity contribution in [3.05, 3.63) is 59.5 Å². The SMILES string of the molecule is COC(=O)c1ccc(C(C)NC(C)c2ccccc2)o1. The first kappa shape index (κ1) is 14.3. The van der Waals surface area contributed by atoms with Gasteiger partial charge in [-0.3, -0.25) is 0 Å². The standard InChI is InChI=1S/C16H19NO3/c1-11(13-7-5-4-6-8-13)17-12(2)14-9-10-15(20-14)16(18)19-3/h4-12,17H,1-3H3. The van der Waals surface area contributed by atoms with E-state index in [0.717, 1.165) is 0 Å². The molecular formula is C16H19NO3. The number of hydrogen-bond acceptors (Lipinski definition) is 4. The third-order valence-electron chi connectivity index (χ3n) is 3.24. The molecule has 1 aromatic heterocycles. The van der Waals surface area contributed by atoms with Crippen LogP contribution in [-0.4, -0.2) is 13.1 Å². The zero-order valence-corrected chi connectivity index (χ0v) is 11.9. The van der Waals surface area contributed by atoms with Crippen molar-refractivity contribution < 1.29 is 13.9 Å². The molecule has 4 heteroatoms. The van der Waals surface area contributed by atoms with Crippen molar-refractivity contribution in [3.8, 4) is 0 Å². The number of esters is 1. The van der Waals surface area contributed by atoms with Gasteiger partial charge in [-0.1, -0.05) is 30.3 Å². The first-order chi connectivity index (χ1) is 9.61. The van der Waals surface area contributed by atoms with Crippen molar-refractivity contribution in [2.75, 3.05) is 7.11 Å². The minimum Gasteiger partial charge on any atom is -0.463 e. The van der Waals surface area contributed by atoms with Gasteiger partial charge in [-0.25, -0.2) is 4.79 Å². The van der Waals surface area contributed by atoms with Crippen LogP contribution in [0.15, 0.2) is 46.9 Å². The van der Waals surface area contributed by atoms with Gasteiger partial charge in [0.15, 0.2) is 0 Å². The molecule has 0 spiro atoms. The van der Waals surface area contributed by atoms with Crippen LogP contribution in [0.5, 0.6) is 0 Å². The minimum atomic E-state index is -0.459. The van der Waals surface area contributed by atoms with Gasteiger partial charge in [-0.15, -0.1) is 0 Å². The summed E-state index contributed by atoms with van der Waals surface area (Å²) >= 11 is 0. The van der Waals surface area contributed by atoms with Crippen LogP contribution in [0, 0.1) is 0 Å². The van der Waals surface area contributed by atoms with E-state index in [4.69, 9.17) is 4.42 Å². The summed E-state index contributed by atoms with van der Waals surface area (Å²) in [7, 11) is 1.34. The average Bonchev–Trinajstić information content (AvgIpc) is 2.97. The summed E-state index contributed by atoms with van der Waals surface area (Å²) in [5, 5.41) is 3.44. The van der Waals surface area contributed by atoms with Gasteiger partial charge >= 0.3 is 5.97 Å². The molecule has 0 aliphatic carbocycles. The van der Waals surface area contributed by atoms with Crippen LogP contribution in [0.2, 0.25) is 0 Å². The van der Waals surface area contributed by atoms with E-state index >= 15 is 0 Å². The number of nitrogens with one attached hydrogen (secondary N) is 1. The summed E-state index contributed by atoms with van der Waals surface area (Å²) in [4.78, 5) is 11.4. The second-order valence-corrected chi connectivity index (χ2v) is 4.71. The summed E-state index contributed by atoms with van der Waals surface area (Å²) in [5.41, 5.74) is 1.21. The van der Waals surface area contributed by atoms with Crippen molar-refractivity contribution in [1.82, 2.24) is 5.32 Å². The molecule has 0 radical (unpaired) electrons. The summed E-state index contributed by atoms with van der Waals surface area (Å²) in [6, 6.07) is 13.8. The molecule has 0 fully saturated rings. The Kier molecular flexibility index (Phi) is 4.58. The Morgan fingerprint density at radius 1 is 1.10 bits per heavy atom. The Morgan fingerprint density at radius 2 is 1.80 bits per heavy atom. The number of furan rings is 1. The molecule has 0 aliphatic rings. The maximum atomic E-state index is 11.4. The molecule has 2 rings (SSSR count). The van der Waals surface area contributed by atoms with Gasteiger partial charge in [-0.05, 0) is 31.5 Å². The van der Waals surface area contributed by atoms with Crippen LogP contribution in [0.1, 0.15) is 47.8 Å². The smallest absolute Gasteiger partial charge is 0.373 e. The largest absolute Gasteiger partial charge is 0.463 e. The summed E-state index contributed by atoms with van der Waals surface area (Å²) in [6.45, 7) is 4.09. The van der Waals surface area contributed by atoms with E-state index in [9.17, 15) is 4.79 Å². The van der Waals surface area contributed by atoms with E-state index in [-0.39, 0.29) is 17.8 Å². The lowest BCUT2D eigenvalue weighted by Crippen LogP contribution is -2.22. The second kappa shape index (κ2) is 6.39. The molecular weight excluding hydrogens is 254 g/mol. The molecule has 0 saturated heterocycles. The Hall–Kier alpha value is -2.07. The third kappa shape index (κ3) is 3.27. The van der Waals surface area contributed by atoms with E-state index < -0.39 is 5.97 Å². The maximum Gasteiger partial charge on any atom is 0.373 e. The molecule has 2 atom stereocenters. The lowest BCUT2D eigenvalue weighted by molar-refractivity contribution is 0.0562. The zero-order chi connectivity index (χ0) is 14.5. The fourth-order valence-corrected chi connectivity index (χ4v) is 2.09. The molecule has 1 aromatic carbocycles. The normalized spacial score (nSPS) is 13.8. The van der Waals surface area contributed by atoms with Crippen molar-refractivity contribution >= 4 is 5.97 Å². The van der Waals surface area contributed by atoms with Crippen molar-refractivity contribution in [2.45, 2.75) is 25.9 Å². The van der Waals surface area contributed by atoms with Crippen LogP contribution < -0.4 is 5.32 Å². The van der Waals surface area contributed by atoms with E-state index in [1.165, 1.54) is 12.7 Å². The van der Waals surface area contributed by atoms with E-state index in [0.29, 0.717) is 5.76 Å². The third-order valence-corrected chi connectivity index (χ3v) is 3.24. The lowest BCUT2D eigenvalue weighted by atomic mass is 10.1. The van der Waals surface area contributed by atoms with Crippen molar-refractivity contribution in [2.24, 2.45) is 0 Å². The number of benzene rings is 1. The molecule has 4 nitrogen and oxygen atoms in total. The van der Waals surface area contributed by atoms with Gasteiger partial charge in [0.2, 0.25) is 5.76 Å². The molecule has 1 N–H and O–H groups in total. The van der Waals surface area contributed by atoms with Gasteiger partial charge in [0.1, 0.15) is 5.76 Å². The summed E-state index contributed by atoms with van der Waals surface area (Å²) < 4.78 is 10.1. The molecule has 0 amide bonds. The molecule has 20 heavy (non-hydrogen) atoms. The van der Waals surface area contributed by atoms with E-state index in [2.05, 4.69) is 29.1 Å². The maximum absolute atomic E-state index is 11.4. The zero-order valence-electron chi connectivity index (χ0n) is 11.9. The summed E-state index contributed by atoms with van der Waals surface area (Å²) in [6.07, 6.45) is 0. The predicted octanol–water partition coefficient (Wildman–Crippen LogP) is 3.48. The molecule has 0 bridgehead atoms. The second-order valence-electron chi connectivity index (χ2n) is 4.71. The minimum absolute atomic E-state index is 0.00334. The predicted molar refractivity (Wildman–Crippen MR) is 76.5 cm³/mol. The molecule has 0 aliphatic heterocycles. The molecule has 0 saturated carbocycles. The number of ether oxygens (including phenoxy) is 1. The fraction of sp³-hybridized carbons (Fsp3) is 0.312. The highest BCUT2D eigenvalue weighted by Gasteiger charge is 2.17. The number of hydrogen-bond donors (Lipinski definition) is 1. The molecule has 2 unspecified atom stereocenters. The summed E-state index contributed by atoms with van der Waals surface area (Å²) in [5.74, 6) is 0.483. The number of methoxy groups -OCH3 is 1. The van der Waals surface area contributed by atoms with Crippen LogP contribution in [0.3, 0.4) is 0 Å². The fourth-order valence-electron chi connectivity index (χ4n) is 2.09. The Balaban J connectivity index is 2.03. The highest BCUT2D eigenvalue weighted by Crippen LogP contribution is 2.21. The number of rotatable bonds is 5. The monoisotopic (exact) mass is 273 g/mol. The molecule has 2 aromatic rings. The Morgan fingerprint density at radius 3 is 2.45 bits per heavy atom. The van der Waals surface area contributed by atoms with Crippen LogP contribution >= 0.6 is 0 Å². The topological polar surface area (TPSA) is 51.5 Å². The first-order valence-corrected chi connectivity index (χ1v) is 6.61. The van der Waals surface area contributed by atoms with Crippen molar-refractivity contribution in [1.29, 1.82) is 0 Å². The van der Waals surface area contributed by atoms with Crippen LogP contribution in [0.25, 0.3) is 0 Å². The van der Waals surface area contributed by atoms with Crippen LogP contribution in [-0.2, 0) is 4.74 Å². The van der Waals surface area contributed by atoms with E-state index in [1.54, 1.807) is 12.1 Å². The first-order valence-electron chi connectivity index (χ1n) is 6.61. The van der Waals surface area contributed by atoms with Gasteiger partial charge in [0.25, 0.3) is 0 Å². The van der Waals surface area contributed by atoms with Gasteiger partial charge in [0, 0.05) is 6.04 Å². The van der Waals surface area contributed by atoms with Crippen LogP contribution in [0.4, 0.5) is 0 Å². The average molecular weight is 273 g/mol.